The summed E-state index contributed by atoms with van der Waals surface area (Å²) in [7, 11) is 1.19. The second-order valence-corrected chi connectivity index (χ2v) is 10.3. The molecule has 1 aromatic heterocycles. The van der Waals surface area contributed by atoms with E-state index in [0.717, 1.165) is 6.07 Å². The van der Waals surface area contributed by atoms with Gasteiger partial charge in [0.15, 0.2) is 23.2 Å². The van der Waals surface area contributed by atoms with Crippen LogP contribution in [-0.4, -0.2) is 116 Å². The van der Waals surface area contributed by atoms with Gasteiger partial charge in [-0.1, -0.05) is 0 Å². The second kappa shape index (κ2) is 12.2. The Labute approximate surface area is 243 Å². The van der Waals surface area contributed by atoms with E-state index in [-0.39, 0.29) is 34.0 Å². The maximum absolute atomic E-state index is 12.9. The summed E-state index contributed by atoms with van der Waals surface area (Å²) in [5.74, 6) is -1.10. The highest BCUT2D eigenvalue weighted by atomic mass is 16.7. The normalized spacial score (nSPS) is 32.9. The minimum atomic E-state index is -1.82. The van der Waals surface area contributed by atoms with Crippen molar-refractivity contribution < 1.29 is 69.0 Å². The molecule has 0 bridgehead atoms. The van der Waals surface area contributed by atoms with Gasteiger partial charge in [0.2, 0.25) is 12.0 Å². The molecule has 0 radical (unpaired) electrons. The van der Waals surface area contributed by atoms with Crippen molar-refractivity contribution in [3.8, 4) is 34.3 Å². The zero-order chi connectivity index (χ0) is 31.2. The highest BCUT2D eigenvalue weighted by Gasteiger charge is 2.47. The number of methoxy groups -OCH3 is 1. The fourth-order valence-electron chi connectivity index (χ4n) is 4.93. The Morgan fingerprint density at radius 2 is 1.47 bits per heavy atom. The number of fused-ring (bicyclic) bond motifs is 1. The van der Waals surface area contributed by atoms with Crippen molar-refractivity contribution in [1.82, 2.24) is 0 Å². The van der Waals surface area contributed by atoms with Gasteiger partial charge in [-0.3, -0.25) is 4.79 Å². The molecule has 3 heterocycles. The molecule has 2 aromatic carbocycles. The van der Waals surface area contributed by atoms with Crippen LogP contribution in [0.25, 0.3) is 22.3 Å². The van der Waals surface area contributed by atoms with Crippen molar-refractivity contribution in [2.24, 2.45) is 0 Å². The van der Waals surface area contributed by atoms with Crippen LogP contribution in [0.4, 0.5) is 0 Å². The first kappa shape index (κ1) is 30.9. The molecule has 0 amide bonds. The van der Waals surface area contributed by atoms with Crippen molar-refractivity contribution in [3.63, 3.8) is 0 Å². The van der Waals surface area contributed by atoms with Crippen LogP contribution >= 0.6 is 0 Å². The molecule has 3 aromatic rings. The first-order chi connectivity index (χ1) is 20.4. The standard InChI is InChI=1S/C28H32O15/c1-10-19(31)22(34)24(36)27(40-10)39-9-17-20(32)23(35)25(37)28(43-17)42-16-8-15-18(21(33)26(16)38-2)13(30)7-14(41-15)11-3-5-12(29)6-4-11/h3-8,10,17,19-20,22-25,27-29,31-37H,9H2,1-2H3/t10-,17+,19-,20+,22+,23-,24-,25+,27+,28+/m0/s1. The van der Waals surface area contributed by atoms with Gasteiger partial charge in [-0.05, 0) is 31.2 Å². The molecule has 0 aliphatic carbocycles. The number of aliphatic hydroxyl groups excluding tert-OH is 6. The van der Waals surface area contributed by atoms with Crippen LogP contribution in [0.2, 0.25) is 0 Å². The van der Waals surface area contributed by atoms with Crippen LogP contribution in [0.1, 0.15) is 6.92 Å². The van der Waals surface area contributed by atoms with Crippen LogP contribution in [-0.2, 0) is 14.2 Å². The molecule has 2 fully saturated rings. The number of hydrogen-bond acceptors (Lipinski definition) is 15. The third-order valence-corrected chi connectivity index (χ3v) is 7.41. The summed E-state index contributed by atoms with van der Waals surface area (Å²) in [6, 6.07) is 8.18. The molecule has 15 heteroatoms. The predicted octanol–water partition coefficient (Wildman–Crippen LogP) is -1.09. The quantitative estimate of drug-likeness (QED) is 0.159. The molecule has 0 unspecified atom stereocenters. The minimum Gasteiger partial charge on any atom is -0.508 e. The number of benzene rings is 2. The van der Waals surface area contributed by atoms with Gasteiger partial charge in [0, 0.05) is 17.7 Å². The lowest BCUT2D eigenvalue weighted by Crippen LogP contribution is -2.61. The largest absolute Gasteiger partial charge is 0.508 e. The molecule has 2 saturated heterocycles. The van der Waals surface area contributed by atoms with Gasteiger partial charge < -0.3 is 69.0 Å². The fourth-order valence-corrected chi connectivity index (χ4v) is 4.93. The SMILES string of the molecule is COc1c(O[C@@H]2O[C@H](CO[C@@H]3O[C@@H](C)[C@H](O)[C@@H](O)[C@@H]3O)[C@@H](O)[C@H](O)[C@H]2O)cc2oc(-c3ccc(O)cc3)cc(=O)c2c1O. The molecular formula is C28H32O15. The van der Waals surface area contributed by atoms with Crippen LogP contribution < -0.4 is 14.9 Å². The minimum absolute atomic E-state index is 0.000367. The Morgan fingerprint density at radius 3 is 2.14 bits per heavy atom. The molecule has 10 atom stereocenters. The van der Waals surface area contributed by atoms with Crippen molar-refractivity contribution in [2.75, 3.05) is 13.7 Å². The lowest BCUT2D eigenvalue weighted by Gasteiger charge is -2.42. The summed E-state index contributed by atoms with van der Waals surface area (Å²) in [6.07, 6.45) is -15.3. The zero-order valence-electron chi connectivity index (χ0n) is 22.9. The average molecular weight is 609 g/mol. The Balaban J connectivity index is 1.41. The van der Waals surface area contributed by atoms with E-state index >= 15 is 0 Å². The van der Waals surface area contributed by atoms with Gasteiger partial charge in [0.25, 0.3) is 0 Å². The molecule has 43 heavy (non-hydrogen) atoms. The third kappa shape index (κ3) is 5.86. The van der Waals surface area contributed by atoms with E-state index in [0.29, 0.717) is 5.56 Å². The highest BCUT2D eigenvalue weighted by molar-refractivity contribution is 5.89. The molecule has 2 aliphatic heterocycles. The molecule has 0 spiro atoms. The summed E-state index contributed by atoms with van der Waals surface area (Å²) in [4.78, 5) is 12.9. The molecular weight excluding hydrogens is 576 g/mol. The van der Waals surface area contributed by atoms with Crippen LogP contribution in [0.15, 0.2) is 45.6 Å². The van der Waals surface area contributed by atoms with Crippen molar-refractivity contribution in [3.05, 3.63) is 46.6 Å². The summed E-state index contributed by atoms with van der Waals surface area (Å²) >= 11 is 0. The second-order valence-electron chi connectivity index (χ2n) is 10.3. The molecule has 15 nitrogen and oxygen atoms in total. The van der Waals surface area contributed by atoms with Crippen molar-refractivity contribution >= 4 is 11.0 Å². The van der Waals surface area contributed by atoms with E-state index in [1.165, 1.54) is 44.4 Å². The lowest BCUT2D eigenvalue weighted by molar-refractivity contribution is -0.318. The van der Waals surface area contributed by atoms with Crippen LogP contribution in [0.5, 0.6) is 23.0 Å². The van der Waals surface area contributed by atoms with Crippen LogP contribution in [0, 0.1) is 0 Å². The maximum Gasteiger partial charge on any atom is 0.229 e. The number of rotatable bonds is 7. The monoisotopic (exact) mass is 608 g/mol. The number of phenols is 2. The lowest BCUT2D eigenvalue weighted by atomic mass is 9.98. The van der Waals surface area contributed by atoms with E-state index < -0.39 is 79.2 Å². The molecule has 0 saturated carbocycles. The predicted molar refractivity (Wildman–Crippen MR) is 143 cm³/mol. The molecule has 234 valence electrons. The first-order valence-electron chi connectivity index (χ1n) is 13.3. The van der Waals surface area contributed by atoms with Gasteiger partial charge in [0.1, 0.15) is 65.2 Å². The van der Waals surface area contributed by atoms with Gasteiger partial charge in [-0.25, -0.2) is 0 Å². The molecule has 2 aliphatic rings. The summed E-state index contributed by atoms with van der Waals surface area (Å²) in [5.41, 5.74) is -0.299. The zero-order valence-corrected chi connectivity index (χ0v) is 22.9. The number of ether oxygens (including phenoxy) is 5. The number of aromatic hydroxyl groups is 2. The highest BCUT2D eigenvalue weighted by Crippen LogP contribution is 2.43. The third-order valence-electron chi connectivity index (χ3n) is 7.41. The Hall–Kier alpha value is -3.51. The van der Waals surface area contributed by atoms with E-state index in [9.17, 15) is 45.6 Å². The van der Waals surface area contributed by atoms with Gasteiger partial charge >= 0.3 is 0 Å². The van der Waals surface area contributed by atoms with Gasteiger partial charge in [-0.15, -0.1) is 0 Å². The summed E-state index contributed by atoms with van der Waals surface area (Å²) in [6.45, 7) is 0.932. The smallest absolute Gasteiger partial charge is 0.229 e. The van der Waals surface area contributed by atoms with E-state index in [4.69, 9.17) is 28.1 Å². The van der Waals surface area contributed by atoms with E-state index in [1.807, 2.05) is 0 Å². The topological polar surface area (TPSA) is 238 Å². The summed E-state index contributed by atoms with van der Waals surface area (Å²) in [5, 5.41) is 81.9. The molecule has 8 N–H and O–H groups in total. The first-order valence-corrected chi connectivity index (χ1v) is 13.3. The van der Waals surface area contributed by atoms with Crippen LogP contribution in [0.3, 0.4) is 0 Å². The fraction of sp³-hybridized carbons (Fsp3) is 0.464. The number of hydrogen-bond donors (Lipinski definition) is 8. The summed E-state index contributed by atoms with van der Waals surface area (Å²) < 4.78 is 33.3. The Kier molecular flexibility index (Phi) is 8.80. The van der Waals surface area contributed by atoms with E-state index in [2.05, 4.69) is 0 Å². The van der Waals surface area contributed by atoms with Gasteiger partial charge in [-0.2, -0.15) is 0 Å². The molecule has 5 rings (SSSR count). The number of aliphatic hydroxyl groups is 6. The Morgan fingerprint density at radius 1 is 0.814 bits per heavy atom. The van der Waals surface area contributed by atoms with Crippen molar-refractivity contribution in [2.45, 2.75) is 68.3 Å². The number of phenolic OH excluding ortho intramolecular Hbond substituents is 2. The van der Waals surface area contributed by atoms with E-state index in [1.54, 1.807) is 0 Å². The van der Waals surface area contributed by atoms with Crippen molar-refractivity contribution in [1.29, 1.82) is 0 Å². The van der Waals surface area contributed by atoms with Gasteiger partial charge in [0.05, 0.1) is 19.8 Å². The average Bonchev–Trinajstić information content (AvgIpc) is 2.98. The maximum atomic E-state index is 12.9. The Bertz CT molecular complexity index is 1490.